The first-order valence-electron chi connectivity index (χ1n) is 4.71. The fourth-order valence-electron chi connectivity index (χ4n) is 1.17. The van der Waals surface area contributed by atoms with E-state index in [9.17, 15) is 4.79 Å². The van der Waals surface area contributed by atoms with Crippen LogP contribution in [0.3, 0.4) is 0 Å². The first-order valence-corrected chi connectivity index (χ1v) is 4.71. The highest BCUT2D eigenvalue weighted by molar-refractivity contribution is 5.66. The number of hydrogen-bond donors (Lipinski definition) is 2. The third kappa shape index (κ3) is 5.64. The van der Waals surface area contributed by atoms with Gasteiger partial charge in [0.2, 0.25) is 0 Å². The van der Waals surface area contributed by atoms with Crippen molar-refractivity contribution >= 4 is 5.97 Å². The number of hydrogen-bond acceptors (Lipinski definition) is 2. The van der Waals surface area contributed by atoms with Gasteiger partial charge in [-0.3, -0.25) is 4.79 Å². The lowest BCUT2D eigenvalue weighted by molar-refractivity contribution is -0.138. The Balaban J connectivity index is 3.92. The van der Waals surface area contributed by atoms with Crippen LogP contribution in [0, 0.1) is 11.3 Å². The molecule has 0 aromatic heterocycles. The summed E-state index contributed by atoms with van der Waals surface area (Å²) in [4.78, 5) is 10.4. The highest BCUT2D eigenvalue weighted by atomic mass is 16.4. The molecular formula is C10H21NO2. The summed E-state index contributed by atoms with van der Waals surface area (Å²) in [6.45, 7) is 8.15. The second-order valence-electron chi connectivity index (χ2n) is 4.91. The molecule has 3 heteroatoms. The Morgan fingerprint density at radius 2 is 1.92 bits per heavy atom. The Kier molecular flexibility index (Phi) is 4.40. The van der Waals surface area contributed by atoms with E-state index < -0.39 is 5.97 Å². The fraction of sp³-hybridized carbons (Fsp3) is 0.900. The highest BCUT2D eigenvalue weighted by Crippen LogP contribution is 2.23. The van der Waals surface area contributed by atoms with Gasteiger partial charge < -0.3 is 10.8 Å². The van der Waals surface area contributed by atoms with E-state index in [1.54, 1.807) is 0 Å². The molecule has 0 aliphatic carbocycles. The predicted octanol–water partition coefficient (Wildman–Crippen LogP) is 1.86. The molecule has 0 aliphatic rings. The Morgan fingerprint density at radius 3 is 2.23 bits per heavy atom. The lowest BCUT2D eigenvalue weighted by atomic mass is 9.82. The smallest absolute Gasteiger partial charge is 0.303 e. The van der Waals surface area contributed by atoms with E-state index in [4.69, 9.17) is 10.8 Å². The highest BCUT2D eigenvalue weighted by Gasteiger charge is 2.23. The normalized spacial score (nSPS) is 16.7. The van der Waals surface area contributed by atoms with Crippen molar-refractivity contribution in [1.82, 2.24) is 0 Å². The van der Waals surface area contributed by atoms with Crippen molar-refractivity contribution in [3.05, 3.63) is 0 Å². The lowest BCUT2D eigenvalue weighted by Gasteiger charge is -2.28. The summed E-state index contributed by atoms with van der Waals surface area (Å²) < 4.78 is 0. The van der Waals surface area contributed by atoms with Gasteiger partial charge in [-0.2, -0.15) is 0 Å². The molecule has 0 heterocycles. The van der Waals surface area contributed by atoms with Crippen molar-refractivity contribution in [2.75, 3.05) is 0 Å². The first-order chi connectivity index (χ1) is 5.73. The zero-order valence-electron chi connectivity index (χ0n) is 9.00. The summed E-state index contributed by atoms with van der Waals surface area (Å²) in [6.07, 6.45) is 0.986. The van der Waals surface area contributed by atoms with E-state index >= 15 is 0 Å². The number of aliphatic carboxylic acids is 1. The van der Waals surface area contributed by atoms with Gasteiger partial charge in [-0.1, -0.05) is 27.7 Å². The number of rotatable bonds is 4. The zero-order valence-corrected chi connectivity index (χ0v) is 9.00. The van der Waals surface area contributed by atoms with Gasteiger partial charge in [0, 0.05) is 12.5 Å². The largest absolute Gasteiger partial charge is 0.481 e. The van der Waals surface area contributed by atoms with Crippen molar-refractivity contribution in [3.8, 4) is 0 Å². The van der Waals surface area contributed by atoms with Gasteiger partial charge in [-0.05, 0) is 17.8 Å². The number of nitrogens with two attached hydrogens (primary N) is 1. The van der Waals surface area contributed by atoms with Crippen LogP contribution in [0.15, 0.2) is 0 Å². The standard InChI is InChI=1S/C10H21NO2/c1-7(6-9(12)13)5-8(11)10(2,3)4/h7-8H,5-6,11H2,1-4H3,(H,12,13)/t7-,8-/m1/s1. The van der Waals surface area contributed by atoms with Crippen LogP contribution in [-0.4, -0.2) is 17.1 Å². The van der Waals surface area contributed by atoms with E-state index in [0.29, 0.717) is 0 Å². The Morgan fingerprint density at radius 1 is 1.46 bits per heavy atom. The van der Waals surface area contributed by atoms with Gasteiger partial charge >= 0.3 is 5.97 Å². The Labute approximate surface area is 80.3 Å². The number of carbonyl (C=O) groups is 1. The molecule has 0 saturated heterocycles. The van der Waals surface area contributed by atoms with Crippen LogP contribution >= 0.6 is 0 Å². The zero-order chi connectivity index (χ0) is 10.6. The molecule has 0 radical (unpaired) electrons. The number of carboxylic acid groups (broad SMARTS) is 1. The molecule has 0 aromatic carbocycles. The minimum absolute atomic E-state index is 0.0623. The molecule has 78 valence electrons. The molecular weight excluding hydrogens is 166 g/mol. The molecule has 0 bridgehead atoms. The van der Waals surface area contributed by atoms with Crippen molar-refractivity contribution < 1.29 is 9.90 Å². The SMILES string of the molecule is C[C@@H](CC(=O)O)C[C@@H](N)C(C)(C)C. The minimum Gasteiger partial charge on any atom is -0.481 e. The van der Waals surface area contributed by atoms with E-state index in [1.165, 1.54) is 0 Å². The van der Waals surface area contributed by atoms with Gasteiger partial charge in [-0.15, -0.1) is 0 Å². The van der Waals surface area contributed by atoms with Crippen molar-refractivity contribution in [1.29, 1.82) is 0 Å². The molecule has 0 aromatic rings. The molecule has 0 unspecified atom stereocenters. The summed E-state index contributed by atoms with van der Waals surface area (Å²) in [5.74, 6) is -0.583. The van der Waals surface area contributed by atoms with Gasteiger partial charge in [0.15, 0.2) is 0 Å². The summed E-state index contributed by atoms with van der Waals surface area (Å²) in [7, 11) is 0. The van der Waals surface area contributed by atoms with Crippen LogP contribution in [0.5, 0.6) is 0 Å². The van der Waals surface area contributed by atoms with Gasteiger partial charge in [0.1, 0.15) is 0 Å². The second kappa shape index (κ2) is 4.61. The van der Waals surface area contributed by atoms with Crippen molar-refractivity contribution in [3.63, 3.8) is 0 Å². The van der Waals surface area contributed by atoms with E-state index in [2.05, 4.69) is 20.8 Å². The maximum Gasteiger partial charge on any atom is 0.303 e. The van der Waals surface area contributed by atoms with E-state index in [-0.39, 0.29) is 23.8 Å². The number of carboxylic acids is 1. The summed E-state index contributed by atoms with van der Waals surface area (Å²) in [5.41, 5.74) is 6.00. The molecule has 2 atom stereocenters. The quantitative estimate of drug-likeness (QED) is 0.706. The van der Waals surface area contributed by atoms with E-state index in [1.807, 2.05) is 6.92 Å². The van der Waals surface area contributed by atoms with Crippen LogP contribution < -0.4 is 5.73 Å². The molecule has 3 N–H and O–H groups in total. The average Bonchev–Trinajstić information content (AvgIpc) is 1.82. The van der Waals surface area contributed by atoms with Crippen LogP contribution in [0.1, 0.15) is 40.5 Å². The predicted molar refractivity (Wildman–Crippen MR) is 53.5 cm³/mol. The molecule has 13 heavy (non-hydrogen) atoms. The maximum absolute atomic E-state index is 10.4. The second-order valence-corrected chi connectivity index (χ2v) is 4.91. The lowest BCUT2D eigenvalue weighted by Crippen LogP contribution is -2.36. The Hall–Kier alpha value is -0.570. The molecule has 3 nitrogen and oxygen atoms in total. The molecule has 0 aliphatic heterocycles. The summed E-state index contributed by atoms with van der Waals surface area (Å²) in [5, 5.41) is 8.56. The van der Waals surface area contributed by atoms with Crippen molar-refractivity contribution in [2.24, 2.45) is 17.1 Å². The monoisotopic (exact) mass is 187 g/mol. The summed E-state index contributed by atoms with van der Waals surface area (Å²) >= 11 is 0. The molecule has 0 spiro atoms. The molecule has 0 fully saturated rings. The first kappa shape index (κ1) is 12.4. The third-order valence-corrected chi connectivity index (χ3v) is 2.29. The van der Waals surface area contributed by atoms with Crippen molar-refractivity contribution in [2.45, 2.75) is 46.6 Å². The van der Waals surface area contributed by atoms with Crippen LogP contribution in [0.2, 0.25) is 0 Å². The molecule has 0 amide bonds. The minimum atomic E-state index is -0.742. The van der Waals surface area contributed by atoms with Crippen LogP contribution in [0.25, 0.3) is 0 Å². The van der Waals surface area contributed by atoms with Crippen LogP contribution in [0.4, 0.5) is 0 Å². The van der Waals surface area contributed by atoms with Gasteiger partial charge in [0.25, 0.3) is 0 Å². The van der Waals surface area contributed by atoms with E-state index in [0.717, 1.165) is 6.42 Å². The van der Waals surface area contributed by atoms with Gasteiger partial charge in [-0.25, -0.2) is 0 Å². The average molecular weight is 187 g/mol. The topological polar surface area (TPSA) is 63.3 Å². The molecule has 0 rings (SSSR count). The van der Waals surface area contributed by atoms with Crippen LogP contribution in [-0.2, 0) is 4.79 Å². The third-order valence-electron chi connectivity index (χ3n) is 2.29. The summed E-state index contributed by atoms with van der Waals surface area (Å²) in [6, 6.07) is 0.0712. The van der Waals surface area contributed by atoms with Gasteiger partial charge in [0.05, 0.1) is 0 Å². The Bertz CT molecular complexity index is 172. The fourth-order valence-corrected chi connectivity index (χ4v) is 1.17. The maximum atomic E-state index is 10.4. The molecule has 0 saturated carbocycles.